The van der Waals surface area contributed by atoms with Gasteiger partial charge in [-0.3, -0.25) is 0 Å². The monoisotopic (exact) mass is 313 g/mol. The standard InChI is InChI=1S/C16H12BrNO/c17-11-13-8-4-5-9-14(13)15-10-16(19-18-15)12-6-2-1-3-7-12/h1-10H,11H2. The smallest absolute Gasteiger partial charge is 0.167 e. The summed E-state index contributed by atoms with van der Waals surface area (Å²) in [7, 11) is 0. The third kappa shape index (κ3) is 2.47. The molecule has 0 saturated carbocycles. The summed E-state index contributed by atoms with van der Waals surface area (Å²) in [5.74, 6) is 0.792. The van der Waals surface area contributed by atoms with E-state index >= 15 is 0 Å². The SMILES string of the molecule is BrCc1ccccc1-c1cc(-c2ccccc2)on1. The van der Waals surface area contributed by atoms with Crippen molar-refractivity contribution in [1.29, 1.82) is 0 Å². The average Bonchev–Trinajstić information content (AvgIpc) is 2.98. The summed E-state index contributed by atoms with van der Waals surface area (Å²) in [5.41, 5.74) is 4.21. The fraction of sp³-hybridized carbons (Fsp3) is 0.0625. The summed E-state index contributed by atoms with van der Waals surface area (Å²) >= 11 is 3.50. The normalized spacial score (nSPS) is 10.6. The van der Waals surface area contributed by atoms with Gasteiger partial charge in [-0.2, -0.15) is 0 Å². The topological polar surface area (TPSA) is 26.0 Å². The molecule has 1 aromatic heterocycles. The molecule has 0 aliphatic heterocycles. The van der Waals surface area contributed by atoms with Crippen molar-refractivity contribution >= 4 is 15.9 Å². The Morgan fingerprint density at radius 3 is 2.47 bits per heavy atom. The zero-order valence-corrected chi connectivity index (χ0v) is 11.8. The Morgan fingerprint density at radius 2 is 1.68 bits per heavy atom. The number of benzene rings is 2. The minimum atomic E-state index is 0.792. The molecule has 0 atom stereocenters. The van der Waals surface area contributed by atoms with Gasteiger partial charge in [0, 0.05) is 22.5 Å². The van der Waals surface area contributed by atoms with Crippen LogP contribution in [0.3, 0.4) is 0 Å². The molecule has 0 N–H and O–H groups in total. The van der Waals surface area contributed by atoms with E-state index in [0.29, 0.717) is 0 Å². The zero-order chi connectivity index (χ0) is 13.1. The molecule has 0 amide bonds. The lowest BCUT2D eigenvalue weighted by Gasteiger charge is -2.01. The van der Waals surface area contributed by atoms with E-state index < -0.39 is 0 Å². The average molecular weight is 314 g/mol. The van der Waals surface area contributed by atoms with Crippen LogP contribution in [-0.2, 0) is 5.33 Å². The number of alkyl halides is 1. The highest BCUT2D eigenvalue weighted by molar-refractivity contribution is 9.08. The number of halogens is 1. The van der Waals surface area contributed by atoms with Crippen LogP contribution in [0.15, 0.2) is 65.2 Å². The predicted octanol–water partition coefficient (Wildman–Crippen LogP) is 4.90. The summed E-state index contributed by atoms with van der Waals surface area (Å²) in [6.07, 6.45) is 0. The van der Waals surface area contributed by atoms with Crippen molar-refractivity contribution in [2.75, 3.05) is 0 Å². The van der Waals surface area contributed by atoms with E-state index in [1.807, 2.05) is 48.5 Å². The second kappa shape index (κ2) is 5.41. The van der Waals surface area contributed by atoms with E-state index in [9.17, 15) is 0 Å². The van der Waals surface area contributed by atoms with Crippen molar-refractivity contribution in [3.63, 3.8) is 0 Å². The van der Waals surface area contributed by atoms with Crippen molar-refractivity contribution in [2.45, 2.75) is 5.33 Å². The molecule has 3 aromatic rings. The summed E-state index contributed by atoms with van der Waals surface area (Å²) in [5, 5.41) is 4.98. The molecule has 94 valence electrons. The highest BCUT2D eigenvalue weighted by Crippen LogP contribution is 2.28. The Kier molecular flexibility index (Phi) is 3.47. The Bertz CT molecular complexity index is 676. The van der Waals surface area contributed by atoms with Crippen LogP contribution >= 0.6 is 15.9 Å². The van der Waals surface area contributed by atoms with E-state index in [-0.39, 0.29) is 0 Å². The molecule has 0 bridgehead atoms. The van der Waals surface area contributed by atoms with Gasteiger partial charge in [0.15, 0.2) is 5.76 Å². The molecular formula is C16H12BrNO. The summed E-state index contributed by atoms with van der Waals surface area (Å²) in [4.78, 5) is 0. The molecular weight excluding hydrogens is 302 g/mol. The van der Waals surface area contributed by atoms with Gasteiger partial charge in [-0.15, -0.1) is 0 Å². The second-order valence-corrected chi connectivity index (χ2v) is 4.79. The van der Waals surface area contributed by atoms with Gasteiger partial charge in [-0.1, -0.05) is 75.7 Å². The molecule has 0 unspecified atom stereocenters. The van der Waals surface area contributed by atoms with Crippen molar-refractivity contribution < 1.29 is 4.52 Å². The van der Waals surface area contributed by atoms with Gasteiger partial charge in [0.25, 0.3) is 0 Å². The van der Waals surface area contributed by atoms with E-state index in [0.717, 1.165) is 27.9 Å². The number of nitrogens with zero attached hydrogens (tertiary/aromatic N) is 1. The summed E-state index contributed by atoms with van der Waals surface area (Å²) < 4.78 is 5.44. The van der Waals surface area contributed by atoms with Crippen molar-refractivity contribution in [1.82, 2.24) is 5.16 Å². The largest absolute Gasteiger partial charge is 0.356 e. The molecule has 3 rings (SSSR count). The number of hydrogen-bond acceptors (Lipinski definition) is 2. The summed E-state index contributed by atoms with van der Waals surface area (Å²) in [6, 6.07) is 20.2. The third-order valence-electron chi connectivity index (χ3n) is 3.01. The minimum Gasteiger partial charge on any atom is -0.356 e. The minimum absolute atomic E-state index is 0.792. The molecule has 0 fully saturated rings. The first-order valence-corrected chi connectivity index (χ1v) is 7.17. The number of hydrogen-bond donors (Lipinski definition) is 0. The van der Waals surface area contributed by atoms with Crippen molar-refractivity contribution in [3.05, 3.63) is 66.2 Å². The van der Waals surface area contributed by atoms with Gasteiger partial charge in [-0.05, 0) is 5.56 Å². The van der Waals surface area contributed by atoms with Crippen LogP contribution in [0, 0.1) is 0 Å². The molecule has 0 aliphatic rings. The third-order valence-corrected chi connectivity index (χ3v) is 3.61. The molecule has 1 heterocycles. The molecule has 0 radical (unpaired) electrons. The first-order valence-electron chi connectivity index (χ1n) is 6.05. The first-order chi connectivity index (χ1) is 9.38. The van der Waals surface area contributed by atoms with Crippen molar-refractivity contribution in [2.24, 2.45) is 0 Å². The van der Waals surface area contributed by atoms with Gasteiger partial charge in [0.2, 0.25) is 0 Å². The van der Waals surface area contributed by atoms with Crippen LogP contribution < -0.4 is 0 Å². The number of aromatic nitrogens is 1. The van der Waals surface area contributed by atoms with Crippen LogP contribution in [0.25, 0.3) is 22.6 Å². The maximum atomic E-state index is 5.44. The molecule has 0 spiro atoms. The van der Waals surface area contributed by atoms with Crippen LogP contribution in [0.5, 0.6) is 0 Å². The fourth-order valence-electron chi connectivity index (χ4n) is 2.03. The molecule has 2 nitrogen and oxygen atoms in total. The Labute approximate surface area is 120 Å². The maximum Gasteiger partial charge on any atom is 0.167 e. The lowest BCUT2D eigenvalue weighted by molar-refractivity contribution is 0.435. The molecule has 0 saturated heterocycles. The molecule has 3 heteroatoms. The van der Waals surface area contributed by atoms with E-state index in [2.05, 4.69) is 33.2 Å². The molecule has 19 heavy (non-hydrogen) atoms. The molecule has 0 aliphatic carbocycles. The van der Waals surface area contributed by atoms with Gasteiger partial charge in [-0.25, -0.2) is 0 Å². The van der Waals surface area contributed by atoms with Gasteiger partial charge in [0.1, 0.15) is 5.69 Å². The summed E-state index contributed by atoms with van der Waals surface area (Å²) in [6.45, 7) is 0. The van der Waals surface area contributed by atoms with E-state index in [4.69, 9.17) is 4.52 Å². The van der Waals surface area contributed by atoms with E-state index in [1.54, 1.807) is 0 Å². The number of rotatable bonds is 3. The van der Waals surface area contributed by atoms with Crippen LogP contribution in [0.2, 0.25) is 0 Å². The van der Waals surface area contributed by atoms with Crippen LogP contribution in [-0.4, -0.2) is 5.16 Å². The predicted molar refractivity (Wildman–Crippen MR) is 80.0 cm³/mol. The lowest BCUT2D eigenvalue weighted by Crippen LogP contribution is -1.84. The quantitative estimate of drug-likeness (QED) is 0.642. The Balaban J connectivity index is 2.02. The van der Waals surface area contributed by atoms with Gasteiger partial charge >= 0.3 is 0 Å². The highest BCUT2D eigenvalue weighted by Gasteiger charge is 2.10. The first kappa shape index (κ1) is 12.2. The highest BCUT2D eigenvalue weighted by atomic mass is 79.9. The van der Waals surface area contributed by atoms with Gasteiger partial charge in [0.05, 0.1) is 0 Å². The van der Waals surface area contributed by atoms with Gasteiger partial charge < -0.3 is 4.52 Å². The van der Waals surface area contributed by atoms with E-state index in [1.165, 1.54) is 5.56 Å². The van der Waals surface area contributed by atoms with Crippen LogP contribution in [0.1, 0.15) is 5.56 Å². The maximum absolute atomic E-state index is 5.44. The Morgan fingerprint density at radius 1 is 0.947 bits per heavy atom. The fourth-order valence-corrected chi connectivity index (χ4v) is 2.52. The second-order valence-electron chi connectivity index (χ2n) is 4.23. The molecule has 2 aromatic carbocycles. The van der Waals surface area contributed by atoms with Crippen molar-refractivity contribution in [3.8, 4) is 22.6 Å². The lowest BCUT2D eigenvalue weighted by atomic mass is 10.1. The zero-order valence-electron chi connectivity index (χ0n) is 10.2. The van der Waals surface area contributed by atoms with Crippen LogP contribution in [0.4, 0.5) is 0 Å². The Hall–Kier alpha value is -1.87.